The molecule has 0 aliphatic carbocycles. The van der Waals surface area contributed by atoms with Crippen LogP contribution in [0, 0.1) is 20.8 Å². The van der Waals surface area contributed by atoms with Gasteiger partial charge in [0.2, 0.25) is 0 Å². The molecule has 118 valence electrons. The van der Waals surface area contributed by atoms with Gasteiger partial charge in [-0.1, -0.05) is 0 Å². The molecule has 0 saturated carbocycles. The number of fused-ring (bicyclic) bond motifs is 1. The maximum absolute atomic E-state index is 6.00. The number of anilines is 1. The first-order valence-electron chi connectivity index (χ1n) is 7.63. The van der Waals surface area contributed by atoms with Gasteiger partial charge in [0.15, 0.2) is 0 Å². The van der Waals surface area contributed by atoms with Gasteiger partial charge in [-0.2, -0.15) is 14.6 Å². The molecule has 0 aromatic carbocycles. The fraction of sp³-hybridized carbons (Fsp3) is 0.375. The van der Waals surface area contributed by atoms with Gasteiger partial charge in [0.25, 0.3) is 5.78 Å². The lowest BCUT2D eigenvalue weighted by Crippen LogP contribution is -2.55. The molecule has 7 heteroatoms. The average Bonchev–Trinajstić information content (AvgIpc) is 2.93. The molecule has 4 rings (SSSR count). The highest BCUT2D eigenvalue weighted by Crippen LogP contribution is 2.28. The summed E-state index contributed by atoms with van der Waals surface area (Å²) < 4.78 is 7.80. The minimum atomic E-state index is 0.170. The molecule has 3 aromatic heterocycles. The van der Waals surface area contributed by atoms with E-state index in [1.54, 1.807) is 10.7 Å². The van der Waals surface area contributed by atoms with E-state index in [1.165, 1.54) is 6.33 Å². The normalized spacial score (nSPS) is 15.0. The van der Waals surface area contributed by atoms with Crippen molar-refractivity contribution in [2.24, 2.45) is 0 Å². The summed E-state index contributed by atoms with van der Waals surface area (Å²) in [6, 6.07) is 3.85. The summed E-state index contributed by atoms with van der Waals surface area (Å²) >= 11 is 0. The van der Waals surface area contributed by atoms with Crippen LogP contribution in [0.25, 0.3) is 5.78 Å². The monoisotopic (exact) mass is 310 g/mol. The van der Waals surface area contributed by atoms with Crippen LogP contribution in [0.15, 0.2) is 24.7 Å². The molecule has 7 nitrogen and oxygen atoms in total. The van der Waals surface area contributed by atoms with E-state index in [0.717, 1.165) is 41.6 Å². The lowest BCUT2D eigenvalue weighted by molar-refractivity contribution is 0.166. The molecule has 0 N–H and O–H groups in total. The van der Waals surface area contributed by atoms with E-state index in [1.807, 2.05) is 26.0 Å². The third-order valence-electron chi connectivity index (χ3n) is 4.19. The highest BCUT2D eigenvalue weighted by Gasteiger charge is 2.32. The number of ether oxygens (including phenoxy) is 1. The molecule has 0 amide bonds. The average molecular weight is 310 g/mol. The molecule has 1 fully saturated rings. The predicted molar refractivity (Wildman–Crippen MR) is 85.9 cm³/mol. The lowest BCUT2D eigenvalue weighted by Gasteiger charge is -2.41. The van der Waals surface area contributed by atoms with Crippen LogP contribution in [0.3, 0.4) is 0 Å². The summed E-state index contributed by atoms with van der Waals surface area (Å²) in [7, 11) is 0. The first-order chi connectivity index (χ1) is 11.1. The summed E-state index contributed by atoms with van der Waals surface area (Å²) in [6.45, 7) is 7.67. The van der Waals surface area contributed by atoms with Crippen LogP contribution < -0.4 is 9.64 Å². The molecule has 23 heavy (non-hydrogen) atoms. The molecule has 1 saturated heterocycles. The quantitative estimate of drug-likeness (QED) is 0.733. The van der Waals surface area contributed by atoms with E-state index in [0.29, 0.717) is 5.78 Å². The highest BCUT2D eigenvalue weighted by atomic mass is 16.5. The van der Waals surface area contributed by atoms with Crippen molar-refractivity contribution in [2.45, 2.75) is 26.9 Å². The Labute approximate surface area is 134 Å². The molecular weight excluding hydrogens is 292 g/mol. The third-order valence-corrected chi connectivity index (χ3v) is 4.19. The van der Waals surface area contributed by atoms with Crippen LogP contribution in [0.2, 0.25) is 0 Å². The molecule has 1 aliphatic heterocycles. The molecule has 0 radical (unpaired) electrons. The van der Waals surface area contributed by atoms with Crippen LogP contribution in [-0.2, 0) is 0 Å². The summed E-state index contributed by atoms with van der Waals surface area (Å²) in [4.78, 5) is 15.1. The van der Waals surface area contributed by atoms with Crippen molar-refractivity contribution in [3.63, 3.8) is 0 Å². The van der Waals surface area contributed by atoms with E-state index >= 15 is 0 Å². The van der Waals surface area contributed by atoms with Gasteiger partial charge < -0.3 is 9.64 Å². The van der Waals surface area contributed by atoms with E-state index in [-0.39, 0.29) is 6.10 Å². The standard InChI is InChI=1S/C16H18N6O/c1-10-6-13(4-5-17-10)23-14-7-21(8-14)15-11(2)12(3)20-16-18-9-19-22(15)16/h4-6,9,14H,7-8H2,1-3H3. The Hall–Kier alpha value is -2.70. The number of hydrogen-bond acceptors (Lipinski definition) is 6. The van der Waals surface area contributed by atoms with Gasteiger partial charge in [-0.15, -0.1) is 0 Å². The van der Waals surface area contributed by atoms with Gasteiger partial charge >= 0.3 is 0 Å². The van der Waals surface area contributed by atoms with Crippen molar-refractivity contribution in [1.82, 2.24) is 24.6 Å². The van der Waals surface area contributed by atoms with Crippen molar-refractivity contribution in [2.75, 3.05) is 18.0 Å². The Balaban J connectivity index is 1.54. The van der Waals surface area contributed by atoms with Gasteiger partial charge in [0.05, 0.1) is 13.1 Å². The number of nitrogens with zero attached hydrogens (tertiary/aromatic N) is 6. The summed E-state index contributed by atoms with van der Waals surface area (Å²) in [5, 5.41) is 4.30. The van der Waals surface area contributed by atoms with Gasteiger partial charge in [0.1, 0.15) is 24.0 Å². The molecular formula is C16H18N6O. The summed E-state index contributed by atoms with van der Waals surface area (Å²) in [6.07, 6.45) is 3.48. The first kappa shape index (κ1) is 13.9. The van der Waals surface area contributed by atoms with Crippen molar-refractivity contribution in [3.05, 3.63) is 41.6 Å². The van der Waals surface area contributed by atoms with E-state index in [9.17, 15) is 0 Å². The van der Waals surface area contributed by atoms with E-state index in [2.05, 4.69) is 31.9 Å². The molecule has 4 heterocycles. The second-order valence-electron chi connectivity index (χ2n) is 5.90. The van der Waals surface area contributed by atoms with Gasteiger partial charge in [0, 0.05) is 29.2 Å². The second kappa shape index (κ2) is 5.19. The van der Waals surface area contributed by atoms with Crippen LogP contribution in [0.4, 0.5) is 5.82 Å². The molecule has 0 bridgehead atoms. The van der Waals surface area contributed by atoms with Crippen LogP contribution >= 0.6 is 0 Å². The zero-order chi connectivity index (χ0) is 16.0. The van der Waals surface area contributed by atoms with Crippen LogP contribution in [-0.4, -0.2) is 43.8 Å². The fourth-order valence-corrected chi connectivity index (χ4v) is 2.86. The number of aryl methyl sites for hydroxylation is 2. The summed E-state index contributed by atoms with van der Waals surface area (Å²) in [5.41, 5.74) is 3.07. The zero-order valence-corrected chi connectivity index (χ0v) is 13.4. The number of hydrogen-bond donors (Lipinski definition) is 0. The Morgan fingerprint density at radius 3 is 2.78 bits per heavy atom. The Morgan fingerprint density at radius 2 is 2.00 bits per heavy atom. The topological polar surface area (TPSA) is 68.4 Å². The van der Waals surface area contributed by atoms with Gasteiger partial charge in [-0.25, -0.2) is 4.98 Å². The minimum absolute atomic E-state index is 0.170. The SMILES string of the molecule is Cc1cc(OC2CN(c3c(C)c(C)nc4ncnn34)C2)ccn1. The van der Waals surface area contributed by atoms with Crippen molar-refractivity contribution >= 4 is 11.6 Å². The number of pyridine rings is 1. The minimum Gasteiger partial charge on any atom is -0.487 e. The number of rotatable bonds is 3. The maximum Gasteiger partial charge on any atom is 0.254 e. The maximum atomic E-state index is 6.00. The Bertz CT molecular complexity index is 868. The van der Waals surface area contributed by atoms with Crippen molar-refractivity contribution in [1.29, 1.82) is 0 Å². The fourth-order valence-electron chi connectivity index (χ4n) is 2.86. The van der Waals surface area contributed by atoms with E-state index < -0.39 is 0 Å². The smallest absolute Gasteiger partial charge is 0.254 e. The zero-order valence-electron chi connectivity index (χ0n) is 13.4. The van der Waals surface area contributed by atoms with Gasteiger partial charge in [-0.3, -0.25) is 4.98 Å². The lowest BCUT2D eigenvalue weighted by atomic mass is 10.1. The molecule has 1 aliphatic rings. The third kappa shape index (κ3) is 2.38. The predicted octanol–water partition coefficient (Wildman–Crippen LogP) is 1.71. The van der Waals surface area contributed by atoms with Crippen LogP contribution in [0.5, 0.6) is 5.75 Å². The largest absolute Gasteiger partial charge is 0.487 e. The molecule has 0 atom stereocenters. The highest BCUT2D eigenvalue weighted by molar-refractivity contribution is 5.55. The molecule has 0 unspecified atom stereocenters. The van der Waals surface area contributed by atoms with Crippen molar-refractivity contribution in [3.8, 4) is 5.75 Å². The van der Waals surface area contributed by atoms with Gasteiger partial charge in [-0.05, 0) is 26.8 Å². The number of aromatic nitrogens is 5. The second-order valence-corrected chi connectivity index (χ2v) is 5.90. The Kier molecular flexibility index (Phi) is 3.14. The first-order valence-corrected chi connectivity index (χ1v) is 7.63. The molecule has 3 aromatic rings. The van der Waals surface area contributed by atoms with Crippen molar-refractivity contribution < 1.29 is 4.74 Å². The van der Waals surface area contributed by atoms with Crippen LogP contribution in [0.1, 0.15) is 17.0 Å². The van der Waals surface area contributed by atoms with E-state index in [4.69, 9.17) is 4.74 Å². The Morgan fingerprint density at radius 1 is 1.17 bits per heavy atom. The molecule has 0 spiro atoms. The summed E-state index contributed by atoms with van der Waals surface area (Å²) in [5.74, 6) is 2.56.